The summed E-state index contributed by atoms with van der Waals surface area (Å²) in [5, 5.41) is 11.9. The SMILES string of the molecule is C=CCC(C)NCc1cc(C(=O)O)ccc1F. The van der Waals surface area contributed by atoms with Crippen molar-refractivity contribution >= 4 is 5.97 Å². The van der Waals surface area contributed by atoms with Crippen molar-refractivity contribution < 1.29 is 14.3 Å². The van der Waals surface area contributed by atoms with Crippen LogP contribution in [0.1, 0.15) is 29.3 Å². The van der Waals surface area contributed by atoms with Gasteiger partial charge >= 0.3 is 5.97 Å². The number of carboxylic acid groups (broad SMARTS) is 1. The maximum absolute atomic E-state index is 13.4. The zero-order valence-corrected chi connectivity index (χ0v) is 9.74. The number of hydrogen-bond donors (Lipinski definition) is 2. The van der Waals surface area contributed by atoms with Gasteiger partial charge in [0.25, 0.3) is 0 Å². The fourth-order valence-electron chi connectivity index (χ4n) is 1.46. The van der Waals surface area contributed by atoms with Gasteiger partial charge in [0.2, 0.25) is 0 Å². The second kappa shape index (κ2) is 6.15. The molecular formula is C13H16FNO2. The molecule has 0 saturated heterocycles. The van der Waals surface area contributed by atoms with Gasteiger partial charge < -0.3 is 10.4 Å². The molecule has 2 N–H and O–H groups in total. The molecule has 1 aromatic rings. The lowest BCUT2D eigenvalue weighted by Crippen LogP contribution is -2.25. The van der Waals surface area contributed by atoms with Gasteiger partial charge in [0, 0.05) is 18.2 Å². The standard InChI is InChI=1S/C13H16FNO2/c1-3-4-9(2)15-8-11-7-10(13(16)17)5-6-12(11)14/h3,5-7,9,15H,1,4,8H2,2H3,(H,16,17). The molecule has 0 aliphatic carbocycles. The third-order valence-electron chi connectivity index (χ3n) is 2.45. The van der Waals surface area contributed by atoms with Gasteiger partial charge in [0.1, 0.15) is 5.82 Å². The van der Waals surface area contributed by atoms with E-state index in [1.54, 1.807) is 6.08 Å². The van der Waals surface area contributed by atoms with Crippen molar-refractivity contribution in [3.63, 3.8) is 0 Å². The first-order valence-electron chi connectivity index (χ1n) is 5.40. The van der Waals surface area contributed by atoms with Crippen LogP contribution >= 0.6 is 0 Å². The Morgan fingerprint density at radius 1 is 1.65 bits per heavy atom. The van der Waals surface area contributed by atoms with E-state index >= 15 is 0 Å². The molecule has 0 heterocycles. The van der Waals surface area contributed by atoms with Crippen molar-refractivity contribution in [2.24, 2.45) is 0 Å². The monoisotopic (exact) mass is 237 g/mol. The number of halogens is 1. The molecule has 0 spiro atoms. The largest absolute Gasteiger partial charge is 0.478 e. The third-order valence-corrected chi connectivity index (χ3v) is 2.45. The van der Waals surface area contributed by atoms with Crippen LogP contribution in [0.25, 0.3) is 0 Å². The maximum atomic E-state index is 13.4. The van der Waals surface area contributed by atoms with Crippen molar-refractivity contribution in [1.29, 1.82) is 0 Å². The molecule has 0 amide bonds. The van der Waals surface area contributed by atoms with E-state index in [-0.39, 0.29) is 11.6 Å². The Morgan fingerprint density at radius 2 is 2.35 bits per heavy atom. The van der Waals surface area contributed by atoms with Gasteiger partial charge in [-0.15, -0.1) is 6.58 Å². The zero-order valence-electron chi connectivity index (χ0n) is 9.74. The highest BCUT2D eigenvalue weighted by Gasteiger charge is 2.09. The Morgan fingerprint density at radius 3 is 2.94 bits per heavy atom. The van der Waals surface area contributed by atoms with Gasteiger partial charge in [-0.3, -0.25) is 0 Å². The third kappa shape index (κ3) is 4.00. The smallest absolute Gasteiger partial charge is 0.335 e. The first-order valence-corrected chi connectivity index (χ1v) is 5.40. The average molecular weight is 237 g/mol. The highest BCUT2D eigenvalue weighted by molar-refractivity contribution is 5.87. The lowest BCUT2D eigenvalue weighted by molar-refractivity contribution is 0.0696. The summed E-state index contributed by atoms with van der Waals surface area (Å²) in [5.41, 5.74) is 0.459. The molecule has 1 rings (SSSR count). The number of rotatable bonds is 6. The first-order chi connectivity index (χ1) is 8.04. The molecule has 1 unspecified atom stereocenters. The van der Waals surface area contributed by atoms with E-state index in [9.17, 15) is 9.18 Å². The predicted octanol–water partition coefficient (Wildman–Crippen LogP) is 2.58. The summed E-state index contributed by atoms with van der Waals surface area (Å²) >= 11 is 0. The van der Waals surface area contributed by atoms with Gasteiger partial charge in [-0.25, -0.2) is 9.18 Å². The summed E-state index contributed by atoms with van der Waals surface area (Å²) in [7, 11) is 0. The summed E-state index contributed by atoms with van der Waals surface area (Å²) < 4.78 is 13.4. The minimum Gasteiger partial charge on any atom is -0.478 e. The Balaban J connectivity index is 2.72. The number of hydrogen-bond acceptors (Lipinski definition) is 2. The van der Waals surface area contributed by atoms with Gasteiger partial charge in [-0.05, 0) is 31.5 Å². The quantitative estimate of drug-likeness (QED) is 0.748. The van der Waals surface area contributed by atoms with Crippen LogP contribution in [0.2, 0.25) is 0 Å². The molecule has 1 aromatic carbocycles. The fourth-order valence-corrected chi connectivity index (χ4v) is 1.46. The molecule has 0 aromatic heterocycles. The van der Waals surface area contributed by atoms with Crippen molar-refractivity contribution in [3.8, 4) is 0 Å². The van der Waals surface area contributed by atoms with Crippen molar-refractivity contribution in [1.82, 2.24) is 5.32 Å². The molecular weight excluding hydrogens is 221 g/mol. The summed E-state index contributed by atoms with van der Waals surface area (Å²) in [6.07, 6.45) is 2.56. The molecule has 0 bridgehead atoms. The minimum absolute atomic E-state index is 0.0968. The van der Waals surface area contributed by atoms with Crippen molar-refractivity contribution in [2.75, 3.05) is 0 Å². The zero-order chi connectivity index (χ0) is 12.8. The molecule has 17 heavy (non-hydrogen) atoms. The molecule has 92 valence electrons. The van der Waals surface area contributed by atoms with Gasteiger partial charge in [0.15, 0.2) is 0 Å². The molecule has 0 saturated carbocycles. The van der Waals surface area contributed by atoms with Gasteiger partial charge in [0.05, 0.1) is 5.56 Å². The summed E-state index contributed by atoms with van der Waals surface area (Å²) in [4.78, 5) is 10.7. The minimum atomic E-state index is -1.05. The number of carbonyl (C=O) groups is 1. The van der Waals surface area contributed by atoms with Crippen LogP contribution in [-0.2, 0) is 6.54 Å². The molecule has 0 fully saturated rings. The Hall–Kier alpha value is -1.68. The second-order valence-electron chi connectivity index (χ2n) is 3.92. The van der Waals surface area contributed by atoms with E-state index in [2.05, 4.69) is 11.9 Å². The van der Waals surface area contributed by atoms with Crippen LogP contribution < -0.4 is 5.32 Å². The molecule has 3 nitrogen and oxygen atoms in total. The topological polar surface area (TPSA) is 49.3 Å². The van der Waals surface area contributed by atoms with Crippen LogP contribution in [0.3, 0.4) is 0 Å². The van der Waals surface area contributed by atoms with E-state index in [1.165, 1.54) is 18.2 Å². The number of aromatic carboxylic acids is 1. The van der Waals surface area contributed by atoms with Crippen LogP contribution in [-0.4, -0.2) is 17.1 Å². The highest BCUT2D eigenvalue weighted by atomic mass is 19.1. The number of nitrogens with one attached hydrogen (secondary N) is 1. The fraction of sp³-hybridized carbons (Fsp3) is 0.308. The van der Waals surface area contributed by atoms with Crippen molar-refractivity contribution in [2.45, 2.75) is 25.9 Å². The number of benzene rings is 1. The van der Waals surface area contributed by atoms with Gasteiger partial charge in [-0.1, -0.05) is 6.08 Å². The first kappa shape index (κ1) is 13.4. The van der Waals surface area contributed by atoms with Crippen LogP contribution in [0.5, 0.6) is 0 Å². The molecule has 0 aliphatic rings. The van der Waals surface area contributed by atoms with Crippen LogP contribution in [0, 0.1) is 5.82 Å². The van der Waals surface area contributed by atoms with E-state index in [0.29, 0.717) is 12.1 Å². The molecule has 0 radical (unpaired) electrons. The summed E-state index contributed by atoms with van der Waals surface area (Å²) in [5.74, 6) is -1.45. The average Bonchev–Trinajstić information content (AvgIpc) is 2.28. The second-order valence-corrected chi connectivity index (χ2v) is 3.92. The van der Waals surface area contributed by atoms with E-state index in [4.69, 9.17) is 5.11 Å². The maximum Gasteiger partial charge on any atom is 0.335 e. The lowest BCUT2D eigenvalue weighted by atomic mass is 10.1. The van der Waals surface area contributed by atoms with E-state index < -0.39 is 11.8 Å². The summed E-state index contributed by atoms with van der Waals surface area (Å²) in [6, 6.07) is 3.97. The predicted molar refractivity (Wildman–Crippen MR) is 64.5 cm³/mol. The van der Waals surface area contributed by atoms with E-state index in [0.717, 1.165) is 6.42 Å². The van der Waals surface area contributed by atoms with Gasteiger partial charge in [-0.2, -0.15) is 0 Å². The van der Waals surface area contributed by atoms with E-state index in [1.807, 2.05) is 6.92 Å². The van der Waals surface area contributed by atoms with Crippen LogP contribution in [0.4, 0.5) is 4.39 Å². The number of carboxylic acids is 1. The molecule has 1 atom stereocenters. The lowest BCUT2D eigenvalue weighted by Gasteiger charge is -2.12. The Bertz CT molecular complexity index is 418. The van der Waals surface area contributed by atoms with Crippen molar-refractivity contribution in [3.05, 3.63) is 47.8 Å². The highest BCUT2D eigenvalue weighted by Crippen LogP contribution is 2.11. The van der Waals surface area contributed by atoms with Crippen LogP contribution in [0.15, 0.2) is 30.9 Å². The summed E-state index contributed by atoms with van der Waals surface area (Å²) in [6.45, 7) is 5.89. The Labute approximate surface area is 100.0 Å². The Kier molecular flexibility index (Phi) is 4.84. The normalized spacial score (nSPS) is 12.1. The molecule has 4 heteroatoms. The molecule has 0 aliphatic heterocycles.